The molecule has 2 unspecified atom stereocenters. The minimum absolute atomic E-state index is 0.0349. The van der Waals surface area contributed by atoms with Gasteiger partial charge in [0.1, 0.15) is 0 Å². The van der Waals surface area contributed by atoms with Gasteiger partial charge in [-0.2, -0.15) is 4.98 Å². The Kier molecular flexibility index (Phi) is 3.65. The highest BCUT2D eigenvalue weighted by Gasteiger charge is 2.42. The third-order valence-corrected chi connectivity index (χ3v) is 3.75. The van der Waals surface area contributed by atoms with Crippen molar-refractivity contribution >= 4 is 5.91 Å². The van der Waals surface area contributed by atoms with Gasteiger partial charge in [-0.3, -0.25) is 4.79 Å². The van der Waals surface area contributed by atoms with Crippen molar-refractivity contribution in [1.82, 2.24) is 15.5 Å². The van der Waals surface area contributed by atoms with Gasteiger partial charge in [0.05, 0.1) is 5.41 Å². The van der Waals surface area contributed by atoms with Crippen molar-refractivity contribution in [2.24, 2.45) is 11.1 Å². The van der Waals surface area contributed by atoms with Gasteiger partial charge in [0.15, 0.2) is 5.82 Å². The van der Waals surface area contributed by atoms with Crippen molar-refractivity contribution in [3.8, 4) is 0 Å². The summed E-state index contributed by atoms with van der Waals surface area (Å²) >= 11 is 0. The molecule has 1 heterocycles. The van der Waals surface area contributed by atoms with Crippen LogP contribution >= 0.6 is 0 Å². The Balaban J connectivity index is 1.81. The van der Waals surface area contributed by atoms with Crippen molar-refractivity contribution in [3.63, 3.8) is 0 Å². The number of nitrogens with zero attached hydrogens (tertiary/aromatic N) is 2. The fourth-order valence-electron chi connectivity index (χ4n) is 2.41. The number of hydrogen-bond acceptors (Lipinski definition) is 5. The van der Waals surface area contributed by atoms with Crippen LogP contribution in [-0.2, 0) is 11.2 Å². The first-order chi connectivity index (χ1) is 8.52. The van der Waals surface area contributed by atoms with Gasteiger partial charge >= 0.3 is 0 Å². The maximum absolute atomic E-state index is 12.1. The fourth-order valence-corrected chi connectivity index (χ4v) is 2.41. The van der Waals surface area contributed by atoms with E-state index in [2.05, 4.69) is 15.5 Å². The van der Waals surface area contributed by atoms with Gasteiger partial charge < -0.3 is 15.6 Å². The Hall–Kier alpha value is -1.43. The predicted molar refractivity (Wildman–Crippen MR) is 65.7 cm³/mol. The lowest BCUT2D eigenvalue weighted by atomic mass is 9.84. The van der Waals surface area contributed by atoms with Gasteiger partial charge in [0.2, 0.25) is 11.8 Å². The summed E-state index contributed by atoms with van der Waals surface area (Å²) in [5.74, 6) is 1.20. The number of carbonyl (C=O) groups is 1. The van der Waals surface area contributed by atoms with Crippen LogP contribution in [0.3, 0.4) is 0 Å². The molecule has 1 aliphatic rings. The van der Waals surface area contributed by atoms with E-state index in [-0.39, 0.29) is 11.9 Å². The molecule has 100 valence electrons. The van der Waals surface area contributed by atoms with Crippen molar-refractivity contribution in [1.29, 1.82) is 0 Å². The summed E-state index contributed by atoms with van der Waals surface area (Å²) in [7, 11) is 0. The third kappa shape index (κ3) is 2.53. The summed E-state index contributed by atoms with van der Waals surface area (Å²) in [5, 5.41) is 6.69. The largest absolute Gasteiger partial charge is 0.355 e. The van der Waals surface area contributed by atoms with Crippen LogP contribution in [0.25, 0.3) is 0 Å². The molecule has 18 heavy (non-hydrogen) atoms. The number of aromatic nitrogens is 2. The summed E-state index contributed by atoms with van der Waals surface area (Å²) in [6, 6.07) is -0.0371. The quantitative estimate of drug-likeness (QED) is 0.816. The molecule has 1 saturated carbocycles. The molecule has 0 aliphatic heterocycles. The molecular weight excluding hydrogens is 232 g/mol. The molecule has 0 bridgehead atoms. The topological polar surface area (TPSA) is 94.0 Å². The number of carbonyl (C=O) groups excluding carboxylic acids is 1. The van der Waals surface area contributed by atoms with Crippen molar-refractivity contribution in [3.05, 3.63) is 11.7 Å². The molecule has 1 fully saturated rings. The zero-order valence-corrected chi connectivity index (χ0v) is 10.9. The van der Waals surface area contributed by atoms with Gasteiger partial charge in [-0.25, -0.2) is 0 Å². The highest BCUT2D eigenvalue weighted by molar-refractivity contribution is 5.83. The van der Waals surface area contributed by atoms with Crippen LogP contribution < -0.4 is 11.1 Å². The second-order valence-corrected chi connectivity index (χ2v) is 5.15. The second-order valence-electron chi connectivity index (χ2n) is 5.15. The van der Waals surface area contributed by atoms with E-state index in [1.54, 1.807) is 6.92 Å². The molecule has 0 radical (unpaired) electrons. The number of rotatable bonds is 4. The molecule has 1 amide bonds. The summed E-state index contributed by atoms with van der Waals surface area (Å²) in [5.41, 5.74) is 5.58. The van der Waals surface area contributed by atoms with Crippen molar-refractivity contribution < 1.29 is 9.32 Å². The van der Waals surface area contributed by atoms with E-state index in [9.17, 15) is 4.79 Å². The molecule has 2 rings (SSSR count). The molecule has 6 nitrogen and oxygen atoms in total. The highest BCUT2D eigenvalue weighted by atomic mass is 16.5. The number of amides is 1. The Morgan fingerprint density at radius 2 is 2.44 bits per heavy atom. The van der Waals surface area contributed by atoms with E-state index >= 15 is 0 Å². The third-order valence-electron chi connectivity index (χ3n) is 3.75. The Labute approximate surface area is 106 Å². The molecule has 1 aromatic heterocycles. The zero-order valence-electron chi connectivity index (χ0n) is 10.9. The van der Waals surface area contributed by atoms with Gasteiger partial charge in [-0.05, 0) is 19.8 Å². The smallest absolute Gasteiger partial charge is 0.227 e. The van der Waals surface area contributed by atoms with E-state index in [1.165, 1.54) is 0 Å². The van der Waals surface area contributed by atoms with Crippen LogP contribution in [0.5, 0.6) is 0 Å². The van der Waals surface area contributed by atoms with Crippen LogP contribution in [0.15, 0.2) is 4.52 Å². The Morgan fingerprint density at radius 3 is 3.00 bits per heavy atom. The fraction of sp³-hybridized carbons (Fsp3) is 0.750. The monoisotopic (exact) mass is 252 g/mol. The lowest BCUT2D eigenvalue weighted by molar-refractivity contribution is -0.130. The van der Waals surface area contributed by atoms with E-state index in [0.29, 0.717) is 24.7 Å². The molecular formula is C12H20N4O2. The van der Waals surface area contributed by atoms with E-state index < -0.39 is 5.41 Å². The molecule has 1 aromatic rings. The summed E-state index contributed by atoms with van der Waals surface area (Å²) in [6.07, 6.45) is 3.39. The van der Waals surface area contributed by atoms with Gasteiger partial charge in [-0.1, -0.05) is 11.6 Å². The van der Waals surface area contributed by atoms with E-state index in [4.69, 9.17) is 10.3 Å². The van der Waals surface area contributed by atoms with Crippen LogP contribution in [0.4, 0.5) is 0 Å². The van der Waals surface area contributed by atoms with Gasteiger partial charge in [0.25, 0.3) is 0 Å². The first kappa shape index (κ1) is 13.0. The molecule has 0 aromatic carbocycles. The Bertz CT molecular complexity index is 431. The van der Waals surface area contributed by atoms with Crippen molar-refractivity contribution in [2.45, 2.75) is 45.6 Å². The predicted octanol–water partition coefficient (Wildman–Crippen LogP) is 0.554. The maximum atomic E-state index is 12.1. The first-order valence-electron chi connectivity index (χ1n) is 6.35. The van der Waals surface area contributed by atoms with E-state index in [1.807, 2.05) is 6.92 Å². The van der Waals surface area contributed by atoms with Crippen LogP contribution in [0, 0.1) is 12.3 Å². The van der Waals surface area contributed by atoms with E-state index in [0.717, 1.165) is 19.3 Å². The minimum atomic E-state index is -0.423. The zero-order chi connectivity index (χ0) is 13.2. The average molecular weight is 252 g/mol. The first-order valence-corrected chi connectivity index (χ1v) is 6.35. The second kappa shape index (κ2) is 5.06. The molecule has 0 spiro atoms. The van der Waals surface area contributed by atoms with Crippen LogP contribution in [-0.4, -0.2) is 28.6 Å². The number of aryl methyl sites for hydroxylation is 1. The van der Waals surface area contributed by atoms with Crippen molar-refractivity contribution in [2.75, 3.05) is 6.54 Å². The molecule has 2 atom stereocenters. The SMILES string of the molecule is Cc1nc(CCNC(=O)C2(C)CCCC2N)no1. The maximum Gasteiger partial charge on any atom is 0.227 e. The lowest BCUT2D eigenvalue weighted by Gasteiger charge is -2.27. The van der Waals surface area contributed by atoms with Crippen LogP contribution in [0.1, 0.15) is 37.9 Å². The summed E-state index contributed by atoms with van der Waals surface area (Å²) in [4.78, 5) is 16.2. The Morgan fingerprint density at radius 1 is 1.67 bits per heavy atom. The summed E-state index contributed by atoms with van der Waals surface area (Å²) in [6.45, 7) is 4.20. The van der Waals surface area contributed by atoms with Crippen LogP contribution in [0.2, 0.25) is 0 Å². The van der Waals surface area contributed by atoms with Gasteiger partial charge in [-0.15, -0.1) is 0 Å². The molecule has 0 saturated heterocycles. The molecule has 1 aliphatic carbocycles. The average Bonchev–Trinajstić information content (AvgIpc) is 2.88. The molecule has 3 N–H and O–H groups in total. The number of hydrogen-bond donors (Lipinski definition) is 2. The van der Waals surface area contributed by atoms with Gasteiger partial charge in [0, 0.05) is 25.9 Å². The standard InChI is InChI=1S/C12H20N4O2/c1-8-15-10(16-18-8)5-7-14-11(17)12(2)6-3-4-9(12)13/h9H,3-7,13H2,1-2H3,(H,14,17). The summed E-state index contributed by atoms with van der Waals surface area (Å²) < 4.78 is 4.86. The number of nitrogens with one attached hydrogen (secondary N) is 1. The lowest BCUT2D eigenvalue weighted by Crippen LogP contribution is -2.47. The number of nitrogens with two attached hydrogens (primary N) is 1. The minimum Gasteiger partial charge on any atom is -0.355 e. The highest BCUT2D eigenvalue weighted by Crippen LogP contribution is 2.36. The molecule has 6 heteroatoms. The normalized spacial score (nSPS) is 27.4.